The number of phenols is 1. The van der Waals surface area contributed by atoms with E-state index in [4.69, 9.17) is 0 Å². The number of carbonyl (C=O) groups is 1. The number of aromatic hydroxyl groups is 1. The molecule has 1 heterocycles. The molecule has 0 bridgehead atoms. The van der Waals surface area contributed by atoms with Crippen LogP contribution >= 0.6 is 11.8 Å². The van der Waals surface area contributed by atoms with E-state index < -0.39 is 10.2 Å². The number of nitrogens with one attached hydrogen (secondary N) is 2. The van der Waals surface area contributed by atoms with Gasteiger partial charge in [-0.15, -0.1) is 5.10 Å². The van der Waals surface area contributed by atoms with Crippen LogP contribution in [0, 0.1) is 17.0 Å². The van der Waals surface area contributed by atoms with E-state index in [0.29, 0.717) is 27.8 Å². The van der Waals surface area contributed by atoms with Gasteiger partial charge in [0.25, 0.3) is 5.69 Å². The Labute approximate surface area is 164 Å². The van der Waals surface area contributed by atoms with E-state index in [9.17, 15) is 20.0 Å². The molecule has 1 aromatic heterocycles. The van der Waals surface area contributed by atoms with Crippen LogP contribution in [0.4, 0.5) is 11.4 Å². The maximum absolute atomic E-state index is 12.4. The number of phenolic OH excluding ortho intramolecular Hbond substituents is 1. The quantitative estimate of drug-likeness (QED) is 0.328. The number of para-hydroxylation sites is 1. The predicted molar refractivity (Wildman–Crippen MR) is 105 cm³/mol. The van der Waals surface area contributed by atoms with E-state index in [1.54, 1.807) is 50.2 Å². The number of carbonyl (C=O) groups excluding carboxylic acids is 1. The zero-order valence-corrected chi connectivity index (χ0v) is 15.9. The summed E-state index contributed by atoms with van der Waals surface area (Å²) in [5, 5.41) is 30.2. The molecular weight excluding hydrogens is 382 g/mol. The Bertz CT molecular complexity index is 1040. The van der Waals surface area contributed by atoms with Gasteiger partial charge in [0.05, 0.1) is 15.7 Å². The van der Waals surface area contributed by atoms with Crippen LogP contribution in [0.2, 0.25) is 0 Å². The lowest BCUT2D eigenvalue weighted by molar-refractivity contribution is -0.385. The van der Waals surface area contributed by atoms with Crippen LogP contribution in [-0.2, 0) is 4.79 Å². The van der Waals surface area contributed by atoms with Gasteiger partial charge in [0.2, 0.25) is 11.1 Å². The number of aromatic amines is 1. The maximum Gasteiger partial charge on any atom is 0.274 e. The molecule has 3 N–H and O–H groups in total. The van der Waals surface area contributed by atoms with Gasteiger partial charge < -0.3 is 10.4 Å². The second-order valence-electron chi connectivity index (χ2n) is 5.99. The Morgan fingerprint density at radius 3 is 2.79 bits per heavy atom. The van der Waals surface area contributed by atoms with Gasteiger partial charge in [-0.3, -0.25) is 20.0 Å². The lowest BCUT2D eigenvalue weighted by Gasteiger charge is -2.10. The van der Waals surface area contributed by atoms with Gasteiger partial charge in [-0.25, -0.2) is 4.98 Å². The number of nitro groups is 1. The van der Waals surface area contributed by atoms with Crippen LogP contribution in [0.3, 0.4) is 0 Å². The summed E-state index contributed by atoms with van der Waals surface area (Å²) in [6.45, 7) is 3.31. The van der Waals surface area contributed by atoms with Crippen LogP contribution in [0.1, 0.15) is 12.5 Å². The first-order valence-corrected chi connectivity index (χ1v) is 9.16. The zero-order chi connectivity index (χ0) is 20.3. The summed E-state index contributed by atoms with van der Waals surface area (Å²) in [6.07, 6.45) is 0. The van der Waals surface area contributed by atoms with Crippen molar-refractivity contribution < 1.29 is 14.8 Å². The molecule has 0 aliphatic rings. The highest BCUT2D eigenvalue weighted by molar-refractivity contribution is 8.00. The van der Waals surface area contributed by atoms with Crippen molar-refractivity contribution >= 4 is 29.0 Å². The smallest absolute Gasteiger partial charge is 0.274 e. The molecule has 3 rings (SSSR count). The molecule has 0 aliphatic carbocycles. The standard InChI is InChI=1S/C18H17N5O4S/c1-10-7-8-12(9-14(10)23(26)27)19-17(25)11(2)28-18-20-16(21-22-18)13-5-3-4-6-15(13)24/h3-9,11,24H,1-2H3,(H,19,25)(H,20,21,22)/t11-/m0/s1. The molecule has 0 radical (unpaired) electrons. The minimum absolute atomic E-state index is 0.0561. The Kier molecular flexibility index (Phi) is 5.59. The van der Waals surface area contributed by atoms with Gasteiger partial charge in [-0.1, -0.05) is 30.0 Å². The molecule has 144 valence electrons. The van der Waals surface area contributed by atoms with Crippen molar-refractivity contribution in [2.45, 2.75) is 24.3 Å². The normalized spacial score (nSPS) is 11.8. The fourth-order valence-electron chi connectivity index (χ4n) is 2.43. The molecule has 0 spiro atoms. The van der Waals surface area contributed by atoms with Gasteiger partial charge in [-0.2, -0.15) is 0 Å². The third-order valence-electron chi connectivity index (χ3n) is 3.95. The van der Waals surface area contributed by atoms with Crippen molar-refractivity contribution in [2.24, 2.45) is 0 Å². The SMILES string of the molecule is Cc1ccc(NC(=O)[C@H](C)Sc2n[nH]c(-c3ccccc3O)n2)cc1[N+](=O)[O-]. The molecule has 1 atom stereocenters. The summed E-state index contributed by atoms with van der Waals surface area (Å²) in [6, 6.07) is 11.2. The van der Waals surface area contributed by atoms with Crippen LogP contribution in [0.15, 0.2) is 47.6 Å². The van der Waals surface area contributed by atoms with E-state index in [1.165, 1.54) is 6.07 Å². The number of benzene rings is 2. The molecule has 0 aliphatic heterocycles. The Balaban J connectivity index is 1.68. The highest BCUT2D eigenvalue weighted by Gasteiger charge is 2.19. The van der Waals surface area contributed by atoms with E-state index in [-0.39, 0.29) is 17.3 Å². The minimum Gasteiger partial charge on any atom is -0.507 e. The lowest BCUT2D eigenvalue weighted by Crippen LogP contribution is -2.22. The van der Waals surface area contributed by atoms with E-state index in [2.05, 4.69) is 20.5 Å². The maximum atomic E-state index is 12.4. The topological polar surface area (TPSA) is 134 Å². The highest BCUT2D eigenvalue weighted by Crippen LogP contribution is 2.29. The molecule has 9 nitrogen and oxygen atoms in total. The van der Waals surface area contributed by atoms with E-state index in [0.717, 1.165) is 11.8 Å². The fraction of sp³-hybridized carbons (Fsp3) is 0.167. The number of H-pyrrole nitrogens is 1. The molecule has 0 unspecified atom stereocenters. The molecule has 2 aromatic carbocycles. The molecule has 1 amide bonds. The monoisotopic (exact) mass is 399 g/mol. The van der Waals surface area contributed by atoms with Crippen molar-refractivity contribution in [3.8, 4) is 17.1 Å². The van der Waals surface area contributed by atoms with Gasteiger partial charge in [0.1, 0.15) is 5.75 Å². The fourth-order valence-corrected chi connectivity index (χ4v) is 3.16. The van der Waals surface area contributed by atoms with Crippen molar-refractivity contribution in [3.63, 3.8) is 0 Å². The zero-order valence-electron chi connectivity index (χ0n) is 15.0. The summed E-state index contributed by atoms with van der Waals surface area (Å²) >= 11 is 1.12. The molecule has 0 saturated carbocycles. The number of hydrogen-bond donors (Lipinski definition) is 3. The average Bonchev–Trinajstić information content (AvgIpc) is 3.11. The van der Waals surface area contributed by atoms with Crippen LogP contribution < -0.4 is 5.32 Å². The van der Waals surface area contributed by atoms with Crippen molar-refractivity contribution in [1.29, 1.82) is 0 Å². The number of aromatic nitrogens is 3. The first-order valence-electron chi connectivity index (χ1n) is 8.28. The van der Waals surface area contributed by atoms with Gasteiger partial charge in [-0.05, 0) is 32.0 Å². The number of amides is 1. The van der Waals surface area contributed by atoms with Gasteiger partial charge in [0, 0.05) is 17.3 Å². The van der Waals surface area contributed by atoms with Gasteiger partial charge >= 0.3 is 0 Å². The number of nitro benzene ring substituents is 1. The summed E-state index contributed by atoms with van der Waals surface area (Å²) in [5.41, 5.74) is 1.31. The average molecular weight is 399 g/mol. The van der Waals surface area contributed by atoms with E-state index in [1.807, 2.05) is 0 Å². The van der Waals surface area contributed by atoms with Crippen molar-refractivity contribution in [3.05, 3.63) is 58.1 Å². The first kappa shape index (κ1) is 19.4. The molecule has 28 heavy (non-hydrogen) atoms. The van der Waals surface area contributed by atoms with Gasteiger partial charge in [0.15, 0.2) is 5.82 Å². The predicted octanol–water partition coefficient (Wildman–Crippen LogP) is 3.51. The number of nitrogens with zero attached hydrogens (tertiary/aromatic N) is 3. The summed E-state index contributed by atoms with van der Waals surface area (Å²) in [7, 11) is 0. The van der Waals surface area contributed by atoms with Crippen LogP contribution in [-0.4, -0.2) is 36.4 Å². The summed E-state index contributed by atoms with van der Waals surface area (Å²) in [4.78, 5) is 27.2. The first-order chi connectivity index (χ1) is 13.3. The third-order valence-corrected chi connectivity index (χ3v) is 4.91. The number of aryl methyl sites for hydroxylation is 1. The molecule has 0 fully saturated rings. The highest BCUT2D eigenvalue weighted by atomic mass is 32.2. The Morgan fingerprint density at radius 2 is 2.07 bits per heavy atom. The van der Waals surface area contributed by atoms with Crippen molar-refractivity contribution in [2.75, 3.05) is 5.32 Å². The Morgan fingerprint density at radius 1 is 1.32 bits per heavy atom. The number of thioether (sulfide) groups is 1. The minimum atomic E-state index is -0.548. The van der Waals surface area contributed by atoms with Crippen LogP contribution in [0.5, 0.6) is 5.75 Å². The summed E-state index contributed by atoms with van der Waals surface area (Å²) < 4.78 is 0. The number of rotatable bonds is 6. The molecule has 0 saturated heterocycles. The van der Waals surface area contributed by atoms with Crippen molar-refractivity contribution in [1.82, 2.24) is 15.2 Å². The molecular formula is C18H17N5O4S. The largest absolute Gasteiger partial charge is 0.507 e. The lowest BCUT2D eigenvalue weighted by atomic mass is 10.2. The second kappa shape index (κ2) is 8.09. The number of anilines is 1. The second-order valence-corrected chi connectivity index (χ2v) is 7.30. The van der Waals surface area contributed by atoms with E-state index >= 15 is 0 Å². The summed E-state index contributed by atoms with van der Waals surface area (Å²) in [5.74, 6) is 0.126. The molecule has 10 heteroatoms. The molecule has 3 aromatic rings. The Hall–Kier alpha value is -3.40. The number of hydrogen-bond acceptors (Lipinski definition) is 7. The van der Waals surface area contributed by atoms with Crippen LogP contribution in [0.25, 0.3) is 11.4 Å². The third kappa shape index (κ3) is 4.29.